The van der Waals surface area contributed by atoms with Crippen LogP contribution in [0.15, 0.2) is 22.7 Å². The molecule has 1 aromatic heterocycles. The van der Waals surface area contributed by atoms with E-state index < -0.39 is 0 Å². The molecule has 0 spiro atoms. The van der Waals surface area contributed by atoms with Crippen molar-refractivity contribution in [1.82, 2.24) is 5.16 Å². The molecule has 0 radical (unpaired) electrons. The van der Waals surface area contributed by atoms with Gasteiger partial charge in [-0.25, -0.2) is 0 Å². The van der Waals surface area contributed by atoms with Gasteiger partial charge in [-0.2, -0.15) is 0 Å². The van der Waals surface area contributed by atoms with E-state index in [1.165, 1.54) is 51.4 Å². The number of nitrogens with zero attached hydrogens (tertiary/aromatic N) is 1. The average molecular weight is 289 g/mol. The molecule has 0 aliphatic heterocycles. The third-order valence-corrected chi connectivity index (χ3v) is 4.06. The maximum atomic E-state index is 9.88. The second-order valence-electron chi connectivity index (χ2n) is 5.86. The Balaban J connectivity index is 1.64. The van der Waals surface area contributed by atoms with Crippen LogP contribution in [0.1, 0.15) is 70.4 Å². The van der Waals surface area contributed by atoms with E-state index in [2.05, 4.69) is 12.1 Å². The van der Waals surface area contributed by atoms with Gasteiger partial charge in [-0.15, -0.1) is 0 Å². The Labute approximate surface area is 127 Å². The summed E-state index contributed by atoms with van der Waals surface area (Å²) in [4.78, 5) is 0. The Kier molecular flexibility index (Phi) is 6.58. The van der Waals surface area contributed by atoms with Gasteiger partial charge in [-0.05, 0) is 25.0 Å². The van der Waals surface area contributed by atoms with Gasteiger partial charge in [0.05, 0.1) is 11.1 Å². The first-order chi connectivity index (χ1) is 10.3. The van der Waals surface area contributed by atoms with Crippen LogP contribution in [0.3, 0.4) is 0 Å². The molecule has 3 heteroatoms. The molecule has 0 aliphatic carbocycles. The van der Waals surface area contributed by atoms with Crippen LogP contribution >= 0.6 is 0 Å². The number of rotatable bonds is 10. The Morgan fingerprint density at radius 2 is 1.62 bits per heavy atom. The first kappa shape index (κ1) is 15.9. The molecule has 1 heterocycles. The fraction of sp³-hybridized carbons (Fsp3) is 0.611. The Morgan fingerprint density at radius 3 is 2.33 bits per heavy atom. The Bertz CT molecular complexity index is 533. The molecular weight excluding hydrogens is 262 g/mol. The highest BCUT2D eigenvalue weighted by Crippen LogP contribution is 2.28. The fourth-order valence-electron chi connectivity index (χ4n) is 2.81. The topological polar surface area (TPSA) is 46.3 Å². The van der Waals surface area contributed by atoms with Crippen molar-refractivity contribution in [3.8, 4) is 5.75 Å². The van der Waals surface area contributed by atoms with Crippen LogP contribution in [0.2, 0.25) is 0 Å². The van der Waals surface area contributed by atoms with Crippen molar-refractivity contribution in [2.24, 2.45) is 0 Å². The molecule has 2 rings (SSSR count). The monoisotopic (exact) mass is 289 g/mol. The van der Waals surface area contributed by atoms with Gasteiger partial charge < -0.3 is 9.63 Å². The number of aromatic hydroxyl groups is 1. The first-order valence-electron chi connectivity index (χ1n) is 8.39. The van der Waals surface area contributed by atoms with Gasteiger partial charge in [0.15, 0.2) is 5.58 Å². The summed E-state index contributed by atoms with van der Waals surface area (Å²) in [6, 6.07) is 5.33. The van der Waals surface area contributed by atoms with Gasteiger partial charge >= 0.3 is 0 Å². The fourth-order valence-corrected chi connectivity index (χ4v) is 2.81. The highest BCUT2D eigenvalue weighted by atomic mass is 16.5. The highest BCUT2D eigenvalue weighted by molar-refractivity contribution is 5.85. The lowest BCUT2D eigenvalue weighted by Gasteiger charge is -2.01. The molecule has 0 saturated carbocycles. The molecule has 0 aliphatic rings. The van der Waals surface area contributed by atoms with E-state index in [1.54, 1.807) is 12.1 Å². The summed E-state index contributed by atoms with van der Waals surface area (Å²) >= 11 is 0. The normalized spacial score (nSPS) is 11.3. The lowest BCUT2D eigenvalue weighted by atomic mass is 10.0. The second-order valence-corrected chi connectivity index (χ2v) is 5.86. The number of hydrogen-bond acceptors (Lipinski definition) is 3. The van der Waals surface area contributed by atoms with Gasteiger partial charge in [0, 0.05) is 0 Å². The molecular formula is C18H27NO2. The van der Waals surface area contributed by atoms with Crippen molar-refractivity contribution in [3.05, 3.63) is 23.9 Å². The molecule has 0 atom stereocenters. The van der Waals surface area contributed by atoms with Gasteiger partial charge in [0.1, 0.15) is 5.75 Å². The number of unbranched alkanes of at least 4 members (excludes halogenated alkanes) is 8. The molecule has 2 aromatic rings. The lowest BCUT2D eigenvalue weighted by molar-refractivity contribution is 0.443. The van der Waals surface area contributed by atoms with Crippen molar-refractivity contribution >= 4 is 11.0 Å². The van der Waals surface area contributed by atoms with E-state index in [0.29, 0.717) is 5.58 Å². The molecule has 3 nitrogen and oxygen atoms in total. The van der Waals surface area contributed by atoms with E-state index in [9.17, 15) is 5.11 Å². The van der Waals surface area contributed by atoms with Gasteiger partial charge in [0.25, 0.3) is 0 Å². The molecule has 21 heavy (non-hydrogen) atoms. The van der Waals surface area contributed by atoms with Crippen molar-refractivity contribution < 1.29 is 9.63 Å². The Morgan fingerprint density at radius 1 is 0.952 bits per heavy atom. The predicted octanol–water partition coefficient (Wildman–Crippen LogP) is 5.61. The number of phenols is 1. The largest absolute Gasteiger partial charge is 0.507 e. The van der Waals surface area contributed by atoms with Crippen LogP contribution in [-0.2, 0) is 6.42 Å². The number of benzene rings is 1. The van der Waals surface area contributed by atoms with E-state index in [0.717, 1.165) is 23.9 Å². The van der Waals surface area contributed by atoms with E-state index in [-0.39, 0.29) is 5.75 Å². The smallest absolute Gasteiger partial charge is 0.170 e. The molecule has 116 valence electrons. The van der Waals surface area contributed by atoms with Crippen LogP contribution in [0, 0.1) is 0 Å². The van der Waals surface area contributed by atoms with Crippen molar-refractivity contribution in [2.45, 2.75) is 71.1 Å². The van der Waals surface area contributed by atoms with Gasteiger partial charge in [-0.1, -0.05) is 69.5 Å². The maximum Gasteiger partial charge on any atom is 0.170 e. The zero-order valence-corrected chi connectivity index (χ0v) is 13.1. The number of phenolic OH excluding ortho intramolecular Hbond substituents is 1. The summed E-state index contributed by atoms with van der Waals surface area (Å²) in [5.41, 5.74) is 1.58. The molecule has 0 unspecified atom stereocenters. The summed E-state index contributed by atoms with van der Waals surface area (Å²) in [7, 11) is 0. The van der Waals surface area contributed by atoms with Crippen molar-refractivity contribution in [2.75, 3.05) is 0 Å². The summed E-state index contributed by atoms with van der Waals surface area (Å²) < 4.78 is 5.25. The first-order valence-corrected chi connectivity index (χ1v) is 8.39. The standard InChI is InChI=1S/C18H27NO2/c1-2-3-4-5-6-7-8-9-10-12-15-18-16(20)13-11-14-17(18)21-19-15/h11,13-14,20H,2-10,12H2,1H3. The minimum Gasteiger partial charge on any atom is -0.507 e. The number of fused-ring (bicyclic) bond motifs is 1. The average Bonchev–Trinajstić information content (AvgIpc) is 2.90. The van der Waals surface area contributed by atoms with E-state index in [4.69, 9.17) is 4.52 Å². The minimum absolute atomic E-state index is 0.277. The van der Waals surface area contributed by atoms with Crippen molar-refractivity contribution in [1.29, 1.82) is 0 Å². The Hall–Kier alpha value is -1.51. The summed E-state index contributed by atoms with van der Waals surface area (Å²) in [6.45, 7) is 2.26. The van der Waals surface area contributed by atoms with Crippen molar-refractivity contribution in [3.63, 3.8) is 0 Å². The molecule has 1 aromatic carbocycles. The molecule has 0 saturated heterocycles. The summed E-state index contributed by atoms with van der Waals surface area (Å²) in [5, 5.41) is 14.8. The SMILES string of the molecule is CCCCCCCCCCCc1noc2cccc(O)c12. The quantitative estimate of drug-likeness (QED) is 0.578. The predicted molar refractivity (Wildman–Crippen MR) is 86.6 cm³/mol. The van der Waals surface area contributed by atoms with Crippen LogP contribution < -0.4 is 0 Å². The van der Waals surface area contributed by atoms with Crippen LogP contribution in [0.5, 0.6) is 5.75 Å². The summed E-state index contributed by atoms with van der Waals surface area (Å²) in [5.74, 6) is 0.277. The number of aromatic nitrogens is 1. The van der Waals surface area contributed by atoms with E-state index >= 15 is 0 Å². The number of aryl methyl sites for hydroxylation is 1. The molecule has 1 N–H and O–H groups in total. The van der Waals surface area contributed by atoms with Crippen LogP contribution in [0.4, 0.5) is 0 Å². The third kappa shape index (κ3) is 4.76. The third-order valence-electron chi connectivity index (χ3n) is 4.06. The van der Waals surface area contributed by atoms with Crippen LogP contribution in [0.25, 0.3) is 11.0 Å². The molecule has 0 amide bonds. The minimum atomic E-state index is 0.277. The van der Waals surface area contributed by atoms with E-state index in [1.807, 2.05) is 6.07 Å². The van der Waals surface area contributed by atoms with Gasteiger partial charge in [-0.3, -0.25) is 0 Å². The second kappa shape index (κ2) is 8.71. The molecule has 0 fully saturated rings. The number of hydrogen-bond donors (Lipinski definition) is 1. The zero-order chi connectivity index (χ0) is 14.9. The zero-order valence-electron chi connectivity index (χ0n) is 13.1. The highest BCUT2D eigenvalue weighted by Gasteiger charge is 2.11. The van der Waals surface area contributed by atoms with Gasteiger partial charge in [0.2, 0.25) is 0 Å². The summed E-state index contributed by atoms with van der Waals surface area (Å²) in [6.07, 6.45) is 12.7. The lowest BCUT2D eigenvalue weighted by Crippen LogP contribution is -1.88. The maximum absolute atomic E-state index is 9.88. The molecule has 0 bridgehead atoms. The van der Waals surface area contributed by atoms with Crippen LogP contribution in [-0.4, -0.2) is 10.3 Å².